The largest absolute Gasteiger partial charge is 0.244 e. The second kappa shape index (κ2) is 4.16. The number of alkyl halides is 2. The van der Waals surface area contributed by atoms with Gasteiger partial charge in [-0.2, -0.15) is 0 Å². The zero-order valence-electron chi connectivity index (χ0n) is 9.56. The molecular weight excluding hydrogens is 182 g/mol. The van der Waals surface area contributed by atoms with E-state index in [1.54, 1.807) is 6.42 Å². The molecule has 1 rings (SSSR count). The summed E-state index contributed by atoms with van der Waals surface area (Å²) in [5.41, 5.74) is -0.0727. The predicted octanol–water partition coefficient (Wildman–Crippen LogP) is 3.96. The Morgan fingerprint density at radius 3 is 2.36 bits per heavy atom. The number of hydrogen-bond acceptors (Lipinski definition) is 0. The molecule has 0 bridgehead atoms. The summed E-state index contributed by atoms with van der Waals surface area (Å²) in [6, 6.07) is 0. The first kappa shape index (κ1) is 11.9. The van der Waals surface area contributed by atoms with Crippen molar-refractivity contribution in [2.24, 2.45) is 17.3 Å². The molecule has 5 unspecified atom stereocenters. The van der Waals surface area contributed by atoms with Crippen LogP contribution in [0, 0.1) is 23.7 Å². The van der Waals surface area contributed by atoms with Gasteiger partial charge in [0.15, 0.2) is 0 Å². The van der Waals surface area contributed by atoms with E-state index in [2.05, 4.69) is 13.8 Å². The first-order chi connectivity index (χ1) is 6.43. The third kappa shape index (κ3) is 1.80. The number of rotatable bonds is 2. The van der Waals surface area contributed by atoms with E-state index in [-0.39, 0.29) is 17.3 Å². The molecule has 0 saturated heterocycles. The van der Waals surface area contributed by atoms with Gasteiger partial charge in [0, 0.05) is 6.42 Å². The van der Waals surface area contributed by atoms with E-state index in [0.29, 0.717) is 0 Å². The Morgan fingerprint density at radius 1 is 1.29 bits per heavy atom. The molecule has 0 spiro atoms. The van der Waals surface area contributed by atoms with E-state index in [4.69, 9.17) is 0 Å². The fourth-order valence-electron chi connectivity index (χ4n) is 2.65. The quantitative estimate of drug-likeness (QED) is 0.637. The Labute approximate surface area is 86.1 Å². The summed E-state index contributed by atoms with van der Waals surface area (Å²) in [5, 5.41) is 0. The van der Waals surface area contributed by atoms with Gasteiger partial charge in [-0.3, -0.25) is 0 Å². The van der Waals surface area contributed by atoms with E-state index in [0.717, 1.165) is 12.8 Å². The molecule has 5 atom stereocenters. The summed E-state index contributed by atoms with van der Waals surface area (Å²) in [5.74, 6) is -0.0168. The van der Waals surface area contributed by atoms with Gasteiger partial charge in [0.1, 0.15) is 12.3 Å². The second-order valence-corrected chi connectivity index (χ2v) is 4.91. The van der Waals surface area contributed by atoms with Gasteiger partial charge in [0.05, 0.1) is 0 Å². The lowest BCUT2D eigenvalue weighted by Gasteiger charge is -2.47. The van der Waals surface area contributed by atoms with Crippen LogP contribution in [0.2, 0.25) is 0 Å². The molecule has 1 saturated carbocycles. The van der Waals surface area contributed by atoms with Crippen molar-refractivity contribution in [1.29, 1.82) is 0 Å². The van der Waals surface area contributed by atoms with E-state index in [9.17, 15) is 8.78 Å². The minimum absolute atomic E-state index is 0.0727. The van der Waals surface area contributed by atoms with Crippen molar-refractivity contribution < 1.29 is 8.78 Å². The molecule has 0 N–H and O–H groups in total. The minimum atomic E-state index is -1.37. The van der Waals surface area contributed by atoms with Crippen LogP contribution < -0.4 is 0 Å². The third-order valence-electron chi connectivity index (χ3n) is 4.12. The SMILES string of the molecule is CCCC1(C)C(C)[CH]C(F)C(F)C1C. The highest BCUT2D eigenvalue weighted by molar-refractivity contribution is 5.05. The average molecular weight is 203 g/mol. The zero-order chi connectivity index (χ0) is 10.9. The van der Waals surface area contributed by atoms with Crippen LogP contribution in [-0.2, 0) is 0 Å². The highest BCUT2D eigenvalue weighted by atomic mass is 19.2. The Bertz CT molecular complexity index is 193. The fraction of sp³-hybridized carbons (Fsp3) is 0.917. The van der Waals surface area contributed by atoms with Crippen LogP contribution in [-0.4, -0.2) is 12.3 Å². The molecule has 0 aromatic rings. The van der Waals surface area contributed by atoms with Crippen molar-refractivity contribution >= 4 is 0 Å². The lowest BCUT2D eigenvalue weighted by molar-refractivity contribution is -0.0220. The molecular formula is C12H21F2. The lowest BCUT2D eigenvalue weighted by Crippen LogP contribution is -2.48. The third-order valence-corrected chi connectivity index (χ3v) is 4.12. The Kier molecular flexibility index (Phi) is 3.54. The van der Waals surface area contributed by atoms with Gasteiger partial charge in [-0.05, 0) is 23.7 Å². The van der Waals surface area contributed by atoms with Gasteiger partial charge in [0.25, 0.3) is 0 Å². The standard InChI is InChI=1S/C12H21F2/c1-5-6-12(4)8(2)7-10(13)11(14)9(12)3/h7-11H,5-6H2,1-4H3. The van der Waals surface area contributed by atoms with Crippen LogP contribution in [0.25, 0.3) is 0 Å². The topological polar surface area (TPSA) is 0 Å². The fourth-order valence-corrected chi connectivity index (χ4v) is 2.65. The van der Waals surface area contributed by atoms with Crippen molar-refractivity contribution in [3.8, 4) is 0 Å². The molecule has 2 heteroatoms. The zero-order valence-corrected chi connectivity index (χ0v) is 9.56. The number of halogens is 2. The van der Waals surface area contributed by atoms with E-state index >= 15 is 0 Å². The summed E-state index contributed by atoms with van der Waals surface area (Å²) < 4.78 is 26.8. The number of hydrogen-bond donors (Lipinski definition) is 0. The minimum Gasteiger partial charge on any atom is -0.244 e. The first-order valence-corrected chi connectivity index (χ1v) is 5.56. The molecule has 1 aliphatic rings. The smallest absolute Gasteiger partial charge is 0.135 e. The molecule has 0 aromatic heterocycles. The van der Waals surface area contributed by atoms with Gasteiger partial charge in [0.2, 0.25) is 0 Å². The average Bonchev–Trinajstić information content (AvgIpc) is 2.13. The van der Waals surface area contributed by atoms with Crippen LogP contribution in [0.15, 0.2) is 0 Å². The second-order valence-electron chi connectivity index (χ2n) is 4.91. The molecule has 1 aliphatic carbocycles. The molecule has 14 heavy (non-hydrogen) atoms. The maximum atomic E-state index is 13.6. The molecule has 1 fully saturated rings. The van der Waals surface area contributed by atoms with Crippen LogP contribution in [0.5, 0.6) is 0 Å². The van der Waals surface area contributed by atoms with Crippen molar-refractivity contribution in [1.82, 2.24) is 0 Å². The normalized spacial score (nSPS) is 49.3. The molecule has 0 heterocycles. The van der Waals surface area contributed by atoms with Crippen molar-refractivity contribution in [3.63, 3.8) is 0 Å². The van der Waals surface area contributed by atoms with Gasteiger partial charge in [-0.15, -0.1) is 0 Å². The first-order valence-electron chi connectivity index (χ1n) is 5.56. The Balaban J connectivity index is 2.82. The van der Waals surface area contributed by atoms with Crippen LogP contribution in [0.3, 0.4) is 0 Å². The molecule has 0 nitrogen and oxygen atoms in total. The summed E-state index contributed by atoms with van der Waals surface area (Å²) >= 11 is 0. The molecule has 0 aliphatic heterocycles. The predicted molar refractivity (Wildman–Crippen MR) is 55.4 cm³/mol. The Hall–Kier alpha value is -0.140. The van der Waals surface area contributed by atoms with Gasteiger partial charge in [-0.1, -0.05) is 34.1 Å². The summed E-state index contributed by atoms with van der Waals surface area (Å²) in [6.45, 7) is 8.03. The van der Waals surface area contributed by atoms with Crippen molar-refractivity contribution in [2.75, 3.05) is 0 Å². The van der Waals surface area contributed by atoms with E-state index in [1.807, 2.05) is 13.8 Å². The van der Waals surface area contributed by atoms with Crippen molar-refractivity contribution in [3.05, 3.63) is 6.42 Å². The van der Waals surface area contributed by atoms with Crippen LogP contribution in [0.4, 0.5) is 8.78 Å². The van der Waals surface area contributed by atoms with Crippen molar-refractivity contribution in [2.45, 2.75) is 52.9 Å². The van der Waals surface area contributed by atoms with E-state index in [1.165, 1.54) is 0 Å². The molecule has 83 valence electrons. The highest BCUT2D eigenvalue weighted by Crippen LogP contribution is 2.49. The lowest BCUT2D eigenvalue weighted by atomic mass is 9.59. The highest BCUT2D eigenvalue weighted by Gasteiger charge is 2.48. The molecule has 0 amide bonds. The van der Waals surface area contributed by atoms with Gasteiger partial charge in [-0.25, -0.2) is 8.78 Å². The van der Waals surface area contributed by atoms with E-state index < -0.39 is 12.3 Å². The van der Waals surface area contributed by atoms with Crippen LogP contribution in [0.1, 0.15) is 40.5 Å². The molecule has 0 aromatic carbocycles. The monoisotopic (exact) mass is 203 g/mol. The maximum absolute atomic E-state index is 13.6. The Morgan fingerprint density at radius 2 is 1.86 bits per heavy atom. The van der Waals surface area contributed by atoms with Gasteiger partial charge >= 0.3 is 0 Å². The molecule has 1 radical (unpaired) electrons. The summed E-state index contributed by atoms with van der Waals surface area (Å²) in [4.78, 5) is 0. The van der Waals surface area contributed by atoms with Crippen LogP contribution >= 0.6 is 0 Å². The van der Waals surface area contributed by atoms with Gasteiger partial charge < -0.3 is 0 Å². The maximum Gasteiger partial charge on any atom is 0.135 e. The summed E-state index contributed by atoms with van der Waals surface area (Å²) in [7, 11) is 0. The summed E-state index contributed by atoms with van der Waals surface area (Å²) in [6.07, 6.45) is 0.856.